The van der Waals surface area contributed by atoms with E-state index in [2.05, 4.69) is 40.4 Å². The first kappa shape index (κ1) is 20.9. The van der Waals surface area contributed by atoms with E-state index < -0.39 is 10.0 Å². The molecule has 31 heavy (non-hydrogen) atoms. The largest absolute Gasteiger partial charge is 0.378 e. The van der Waals surface area contributed by atoms with Gasteiger partial charge in [0.05, 0.1) is 16.0 Å². The van der Waals surface area contributed by atoms with Gasteiger partial charge in [-0.15, -0.1) is 0 Å². The van der Waals surface area contributed by atoms with Crippen LogP contribution in [0, 0.1) is 0 Å². The van der Waals surface area contributed by atoms with E-state index in [1.807, 2.05) is 37.2 Å². The molecule has 0 amide bonds. The fourth-order valence-corrected chi connectivity index (χ4v) is 4.72. The van der Waals surface area contributed by atoms with Crippen LogP contribution in [-0.4, -0.2) is 32.1 Å². The molecule has 0 fully saturated rings. The molecule has 0 saturated carbocycles. The van der Waals surface area contributed by atoms with Gasteiger partial charge in [0.25, 0.3) is 10.0 Å². The van der Waals surface area contributed by atoms with Crippen molar-refractivity contribution >= 4 is 32.4 Å². The second-order valence-electron chi connectivity index (χ2n) is 7.96. The monoisotopic (exact) mass is 434 g/mol. The fourth-order valence-electron chi connectivity index (χ4n) is 3.63. The summed E-state index contributed by atoms with van der Waals surface area (Å²) in [6, 6.07) is 18.5. The van der Waals surface area contributed by atoms with Gasteiger partial charge >= 0.3 is 0 Å². The van der Waals surface area contributed by atoms with Crippen LogP contribution in [-0.2, 0) is 10.0 Å². The molecule has 0 unspecified atom stereocenters. The van der Waals surface area contributed by atoms with Crippen LogP contribution in [0.5, 0.6) is 0 Å². The van der Waals surface area contributed by atoms with Gasteiger partial charge in [0.2, 0.25) is 0 Å². The van der Waals surface area contributed by atoms with E-state index in [0.717, 1.165) is 27.8 Å². The van der Waals surface area contributed by atoms with Crippen LogP contribution < -0.4 is 9.62 Å². The van der Waals surface area contributed by atoms with Gasteiger partial charge in [0.15, 0.2) is 0 Å². The van der Waals surface area contributed by atoms with E-state index in [9.17, 15) is 8.42 Å². The van der Waals surface area contributed by atoms with Gasteiger partial charge in [-0.25, -0.2) is 13.4 Å². The molecule has 4 rings (SSSR count). The molecule has 0 spiro atoms. The first-order valence-electron chi connectivity index (χ1n) is 10.1. The maximum absolute atomic E-state index is 13.0. The van der Waals surface area contributed by atoms with E-state index in [4.69, 9.17) is 0 Å². The summed E-state index contributed by atoms with van der Waals surface area (Å²) in [5.41, 5.74) is 4.26. The maximum atomic E-state index is 13.0. The number of pyridine rings is 1. The molecule has 0 bridgehead atoms. The van der Waals surface area contributed by atoms with Crippen molar-refractivity contribution in [3.63, 3.8) is 0 Å². The number of sulfonamides is 1. The number of hydrogen-bond acceptors (Lipinski definition) is 4. The van der Waals surface area contributed by atoms with Crippen LogP contribution in [0.4, 0.5) is 11.4 Å². The lowest BCUT2D eigenvalue weighted by atomic mass is 10.0. The smallest absolute Gasteiger partial charge is 0.261 e. The normalized spacial score (nSPS) is 11.8. The van der Waals surface area contributed by atoms with Crippen molar-refractivity contribution in [2.45, 2.75) is 24.8 Å². The molecule has 0 atom stereocenters. The molecule has 0 aliphatic rings. The van der Waals surface area contributed by atoms with Crippen molar-refractivity contribution in [3.05, 3.63) is 73.1 Å². The zero-order chi connectivity index (χ0) is 22.2. The molecule has 2 aromatic carbocycles. The van der Waals surface area contributed by atoms with Crippen molar-refractivity contribution in [3.8, 4) is 11.1 Å². The molecular weight excluding hydrogens is 408 g/mol. The highest BCUT2D eigenvalue weighted by molar-refractivity contribution is 7.92. The van der Waals surface area contributed by atoms with Crippen molar-refractivity contribution in [2.75, 3.05) is 23.7 Å². The molecule has 0 aliphatic carbocycles. The standard InChI is InChI=1S/C24H26N4O2S/c1-17(2)28-16-21(18-9-8-10-19(15-18)27(3)4)23-22(13-14-25-24(23)28)26-31(29,30)20-11-6-5-7-12-20/h5-17H,1-4H3,(H,25,26). The number of hydrogen-bond donors (Lipinski definition) is 1. The van der Waals surface area contributed by atoms with E-state index in [1.54, 1.807) is 42.6 Å². The lowest BCUT2D eigenvalue weighted by Gasteiger charge is -2.14. The van der Waals surface area contributed by atoms with Gasteiger partial charge in [-0.3, -0.25) is 4.72 Å². The molecular formula is C24H26N4O2S. The number of anilines is 2. The SMILES string of the molecule is CC(C)n1cc(-c2cccc(N(C)C)c2)c2c(NS(=O)(=O)c3ccccc3)ccnc21. The van der Waals surface area contributed by atoms with Gasteiger partial charge in [-0.05, 0) is 49.7 Å². The molecule has 2 heterocycles. The van der Waals surface area contributed by atoms with Crippen molar-refractivity contribution in [1.82, 2.24) is 9.55 Å². The van der Waals surface area contributed by atoms with Gasteiger partial charge in [-0.1, -0.05) is 30.3 Å². The van der Waals surface area contributed by atoms with Crippen LogP contribution in [0.25, 0.3) is 22.2 Å². The highest BCUT2D eigenvalue weighted by Crippen LogP contribution is 2.38. The van der Waals surface area contributed by atoms with E-state index in [0.29, 0.717) is 5.69 Å². The molecule has 0 radical (unpaired) electrons. The molecule has 0 aliphatic heterocycles. The topological polar surface area (TPSA) is 67.2 Å². The maximum Gasteiger partial charge on any atom is 0.261 e. The highest BCUT2D eigenvalue weighted by Gasteiger charge is 2.21. The van der Waals surface area contributed by atoms with Crippen molar-refractivity contribution in [1.29, 1.82) is 0 Å². The number of benzene rings is 2. The average molecular weight is 435 g/mol. The summed E-state index contributed by atoms with van der Waals surface area (Å²) in [7, 11) is 0.263. The first-order valence-corrected chi connectivity index (χ1v) is 11.6. The minimum absolute atomic E-state index is 0.168. The minimum Gasteiger partial charge on any atom is -0.378 e. The minimum atomic E-state index is -3.73. The third-order valence-electron chi connectivity index (χ3n) is 5.24. The van der Waals surface area contributed by atoms with Gasteiger partial charge < -0.3 is 9.47 Å². The summed E-state index contributed by atoms with van der Waals surface area (Å²) in [5, 5.41) is 0.784. The van der Waals surface area contributed by atoms with Crippen LogP contribution in [0.1, 0.15) is 19.9 Å². The molecule has 7 heteroatoms. The molecule has 0 saturated heterocycles. The third-order valence-corrected chi connectivity index (χ3v) is 6.62. The summed E-state index contributed by atoms with van der Waals surface area (Å²) < 4.78 is 30.9. The van der Waals surface area contributed by atoms with Gasteiger partial charge in [-0.2, -0.15) is 0 Å². The quantitative estimate of drug-likeness (QED) is 0.456. The zero-order valence-electron chi connectivity index (χ0n) is 18.1. The van der Waals surface area contributed by atoms with Crippen LogP contribution in [0.3, 0.4) is 0 Å². The Kier molecular flexibility index (Phi) is 5.45. The van der Waals surface area contributed by atoms with Gasteiger partial charge in [0, 0.05) is 43.8 Å². The third kappa shape index (κ3) is 4.01. The van der Waals surface area contributed by atoms with E-state index in [-0.39, 0.29) is 10.9 Å². The Hall–Kier alpha value is -3.32. The van der Waals surface area contributed by atoms with E-state index in [1.165, 1.54) is 0 Å². The Morgan fingerprint density at radius 3 is 2.42 bits per heavy atom. The Balaban J connectivity index is 1.93. The molecule has 2 aromatic heterocycles. The van der Waals surface area contributed by atoms with Crippen molar-refractivity contribution < 1.29 is 8.42 Å². The number of nitrogens with one attached hydrogen (secondary N) is 1. The van der Waals surface area contributed by atoms with Crippen LogP contribution in [0.2, 0.25) is 0 Å². The Morgan fingerprint density at radius 1 is 1.00 bits per heavy atom. The second-order valence-corrected chi connectivity index (χ2v) is 9.65. The predicted octanol–water partition coefficient (Wildman–Crippen LogP) is 5.15. The molecule has 4 aromatic rings. The highest BCUT2D eigenvalue weighted by atomic mass is 32.2. The second kappa shape index (κ2) is 8.07. The summed E-state index contributed by atoms with van der Waals surface area (Å²) >= 11 is 0. The molecule has 1 N–H and O–H groups in total. The van der Waals surface area contributed by atoms with Crippen LogP contribution >= 0.6 is 0 Å². The number of rotatable bonds is 6. The lowest BCUT2D eigenvalue weighted by Crippen LogP contribution is -2.13. The molecule has 6 nitrogen and oxygen atoms in total. The van der Waals surface area contributed by atoms with Crippen molar-refractivity contribution in [2.24, 2.45) is 0 Å². The summed E-state index contributed by atoms with van der Waals surface area (Å²) in [4.78, 5) is 6.85. The first-order chi connectivity index (χ1) is 14.8. The summed E-state index contributed by atoms with van der Waals surface area (Å²) in [5.74, 6) is 0. The Morgan fingerprint density at radius 2 is 1.74 bits per heavy atom. The Labute approximate surface area is 183 Å². The number of fused-ring (bicyclic) bond motifs is 1. The Bertz CT molecular complexity index is 1330. The fraction of sp³-hybridized carbons (Fsp3) is 0.208. The summed E-state index contributed by atoms with van der Waals surface area (Å²) in [6.07, 6.45) is 3.70. The van der Waals surface area contributed by atoms with E-state index >= 15 is 0 Å². The molecule has 160 valence electrons. The average Bonchev–Trinajstić information content (AvgIpc) is 3.15. The van der Waals surface area contributed by atoms with Crippen LogP contribution in [0.15, 0.2) is 78.0 Å². The number of aromatic nitrogens is 2. The predicted molar refractivity (Wildman–Crippen MR) is 127 cm³/mol. The number of nitrogens with zero attached hydrogens (tertiary/aromatic N) is 3. The zero-order valence-corrected chi connectivity index (χ0v) is 18.9. The lowest BCUT2D eigenvalue weighted by molar-refractivity contribution is 0.601. The summed E-state index contributed by atoms with van der Waals surface area (Å²) in [6.45, 7) is 4.17. The van der Waals surface area contributed by atoms with Gasteiger partial charge in [0.1, 0.15) is 5.65 Å².